The normalized spacial score (nSPS) is 12.0. The minimum Gasteiger partial charge on any atom is -0.481 e. The van der Waals surface area contributed by atoms with Crippen LogP contribution in [-0.2, 0) is 9.59 Å². The summed E-state index contributed by atoms with van der Waals surface area (Å²) in [6.45, 7) is 7.36. The molecule has 1 atom stereocenters. The second-order valence-corrected chi connectivity index (χ2v) is 4.57. The van der Waals surface area contributed by atoms with E-state index in [4.69, 9.17) is 5.11 Å². The molecule has 1 unspecified atom stereocenters. The number of rotatable bonds is 4. The molecule has 98 valence electrons. The number of hydrogen-bond acceptors (Lipinski definition) is 2. The zero-order valence-corrected chi connectivity index (χ0v) is 11.2. The van der Waals surface area contributed by atoms with Crippen LogP contribution in [0.3, 0.4) is 0 Å². The van der Waals surface area contributed by atoms with Crippen LogP contribution in [0.25, 0.3) is 0 Å². The zero-order valence-electron chi connectivity index (χ0n) is 11.2. The monoisotopic (exact) mass is 249 g/mol. The first-order chi connectivity index (χ1) is 8.32. The van der Waals surface area contributed by atoms with Crippen LogP contribution >= 0.6 is 0 Å². The fraction of sp³-hybridized carbons (Fsp3) is 0.429. The van der Waals surface area contributed by atoms with Crippen molar-refractivity contribution in [1.82, 2.24) is 5.32 Å². The lowest BCUT2D eigenvalue weighted by Crippen LogP contribution is -2.28. The fourth-order valence-electron chi connectivity index (χ4n) is 2.01. The molecule has 1 aromatic rings. The van der Waals surface area contributed by atoms with Crippen molar-refractivity contribution >= 4 is 11.9 Å². The minimum atomic E-state index is -0.925. The summed E-state index contributed by atoms with van der Waals surface area (Å²) < 4.78 is 0. The summed E-state index contributed by atoms with van der Waals surface area (Å²) in [6, 6.07) is 3.37. The number of aliphatic carboxylic acids is 1. The largest absolute Gasteiger partial charge is 0.481 e. The molecule has 0 aliphatic rings. The van der Waals surface area contributed by atoms with Crippen LogP contribution in [0, 0.1) is 20.8 Å². The van der Waals surface area contributed by atoms with Crippen LogP contribution in [0.4, 0.5) is 0 Å². The zero-order chi connectivity index (χ0) is 13.9. The number of amides is 1. The van der Waals surface area contributed by atoms with Gasteiger partial charge in [0.1, 0.15) is 0 Å². The number of benzene rings is 1. The Labute approximate surface area is 107 Å². The van der Waals surface area contributed by atoms with Crippen molar-refractivity contribution in [2.24, 2.45) is 0 Å². The quantitative estimate of drug-likeness (QED) is 0.860. The Balaban J connectivity index is 3.16. The molecule has 4 heteroatoms. The van der Waals surface area contributed by atoms with Gasteiger partial charge in [0, 0.05) is 6.92 Å². The molecule has 0 saturated carbocycles. The Hall–Kier alpha value is -1.84. The molecule has 0 bridgehead atoms. The lowest BCUT2D eigenvalue weighted by Gasteiger charge is -2.20. The molecule has 18 heavy (non-hydrogen) atoms. The number of nitrogens with one attached hydrogen (secondary N) is 1. The number of carbonyl (C=O) groups excluding carboxylic acids is 1. The van der Waals surface area contributed by atoms with E-state index < -0.39 is 12.0 Å². The van der Waals surface area contributed by atoms with Crippen molar-refractivity contribution in [3.63, 3.8) is 0 Å². The molecule has 0 aromatic heterocycles. The maximum absolute atomic E-state index is 11.2. The highest BCUT2D eigenvalue weighted by atomic mass is 16.4. The molecule has 0 fully saturated rings. The smallest absolute Gasteiger partial charge is 0.305 e. The molecule has 0 radical (unpaired) electrons. The SMILES string of the molecule is CC(=O)NC(CC(=O)O)c1ccc(C)c(C)c1C. The van der Waals surface area contributed by atoms with Crippen molar-refractivity contribution < 1.29 is 14.7 Å². The molecule has 0 aliphatic carbocycles. The number of carboxylic acid groups (broad SMARTS) is 1. The number of hydrogen-bond donors (Lipinski definition) is 2. The van der Waals surface area contributed by atoms with E-state index in [-0.39, 0.29) is 12.3 Å². The van der Waals surface area contributed by atoms with Crippen LogP contribution in [0.2, 0.25) is 0 Å². The van der Waals surface area contributed by atoms with E-state index in [9.17, 15) is 9.59 Å². The Morgan fingerprint density at radius 1 is 1.22 bits per heavy atom. The molecule has 1 aromatic carbocycles. The molecular weight excluding hydrogens is 230 g/mol. The van der Waals surface area contributed by atoms with Gasteiger partial charge in [-0.1, -0.05) is 12.1 Å². The first kappa shape index (κ1) is 14.2. The highest BCUT2D eigenvalue weighted by Crippen LogP contribution is 2.25. The first-order valence-corrected chi connectivity index (χ1v) is 5.88. The molecule has 0 saturated heterocycles. The van der Waals surface area contributed by atoms with Gasteiger partial charge in [-0.05, 0) is 43.0 Å². The van der Waals surface area contributed by atoms with Gasteiger partial charge >= 0.3 is 5.97 Å². The van der Waals surface area contributed by atoms with Crippen LogP contribution in [0.5, 0.6) is 0 Å². The molecule has 4 nitrogen and oxygen atoms in total. The Morgan fingerprint density at radius 3 is 2.33 bits per heavy atom. The summed E-state index contributed by atoms with van der Waals surface area (Å²) in [5, 5.41) is 11.6. The van der Waals surface area contributed by atoms with E-state index in [1.54, 1.807) is 0 Å². The lowest BCUT2D eigenvalue weighted by atomic mass is 9.93. The molecule has 2 N–H and O–H groups in total. The van der Waals surface area contributed by atoms with Gasteiger partial charge in [0.15, 0.2) is 0 Å². The van der Waals surface area contributed by atoms with Gasteiger partial charge in [-0.15, -0.1) is 0 Å². The van der Waals surface area contributed by atoms with Crippen molar-refractivity contribution in [3.05, 3.63) is 34.4 Å². The third-order valence-corrected chi connectivity index (χ3v) is 3.23. The van der Waals surface area contributed by atoms with Gasteiger partial charge in [-0.2, -0.15) is 0 Å². The van der Waals surface area contributed by atoms with Crippen LogP contribution < -0.4 is 5.32 Å². The average molecular weight is 249 g/mol. The maximum atomic E-state index is 11.2. The molecule has 0 heterocycles. The predicted molar refractivity (Wildman–Crippen MR) is 69.5 cm³/mol. The van der Waals surface area contributed by atoms with E-state index in [2.05, 4.69) is 5.32 Å². The highest BCUT2D eigenvalue weighted by molar-refractivity contribution is 5.75. The lowest BCUT2D eigenvalue weighted by molar-refractivity contribution is -0.137. The maximum Gasteiger partial charge on any atom is 0.305 e. The van der Waals surface area contributed by atoms with Crippen molar-refractivity contribution in [1.29, 1.82) is 0 Å². The third-order valence-electron chi connectivity index (χ3n) is 3.23. The highest BCUT2D eigenvalue weighted by Gasteiger charge is 2.19. The second-order valence-electron chi connectivity index (χ2n) is 4.57. The van der Waals surface area contributed by atoms with Gasteiger partial charge in [-0.3, -0.25) is 9.59 Å². The van der Waals surface area contributed by atoms with Gasteiger partial charge < -0.3 is 10.4 Å². The molecule has 0 spiro atoms. The van der Waals surface area contributed by atoms with E-state index in [1.165, 1.54) is 6.92 Å². The summed E-state index contributed by atoms with van der Waals surface area (Å²) in [5.41, 5.74) is 4.20. The molecule has 1 amide bonds. The minimum absolute atomic E-state index is 0.108. The number of carbonyl (C=O) groups is 2. The number of aryl methyl sites for hydroxylation is 1. The molecule has 0 aliphatic heterocycles. The van der Waals surface area contributed by atoms with E-state index >= 15 is 0 Å². The fourth-order valence-corrected chi connectivity index (χ4v) is 2.01. The topological polar surface area (TPSA) is 66.4 Å². The molecule has 1 rings (SSSR count). The van der Waals surface area contributed by atoms with E-state index in [0.29, 0.717) is 0 Å². The standard InChI is InChI=1S/C14H19NO3/c1-8-5-6-12(10(3)9(8)2)13(7-14(17)18)15-11(4)16/h5-6,13H,7H2,1-4H3,(H,15,16)(H,17,18). The summed E-state index contributed by atoms with van der Waals surface area (Å²) in [4.78, 5) is 22.0. The van der Waals surface area contributed by atoms with Crippen molar-refractivity contribution in [2.75, 3.05) is 0 Å². The van der Waals surface area contributed by atoms with Crippen molar-refractivity contribution in [2.45, 2.75) is 40.2 Å². The van der Waals surface area contributed by atoms with Gasteiger partial charge in [-0.25, -0.2) is 0 Å². The molecular formula is C14H19NO3. The summed E-state index contributed by atoms with van der Waals surface area (Å²) in [6.07, 6.45) is -0.108. The Morgan fingerprint density at radius 2 is 1.83 bits per heavy atom. The summed E-state index contributed by atoms with van der Waals surface area (Å²) in [7, 11) is 0. The number of carboxylic acids is 1. The van der Waals surface area contributed by atoms with Gasteiger partial charge in [0.2, 0.25) is 5.91 Å². The van der Waals surface area contributed by atoms with Crippen LogP contribution in [-0.4, -0.2) is 17.0 Å². The Bertz CT molecular complexity index is 464. The van der Waals surface area contributed by atoms with Gasteiger partial charge in [0.25, 0.3) is 0 Å². The predicted octanol–water partition coefficient (Wildman–Crippen LogP) is 2.26. The van der Waals surface area contributed by atoms with E-state index in [0.717, 1.165) is 22.3 Å². The van der Waals surface area contributed by atoms with Crippen LogP contribution in [0.15, 0.2) is 12.1 Å². The van der Waals surface area contributed by atoms with E-state index in [1.807, 2.05) is 32.9 Å². The van der Waals surface area contributed by atoms with Crippen molar-refractivity contribution in [3.8, 4) is 0 Å². The first-order valence-electron chi connectivity index (χ1n) is 5.88. The van der Waals surface area contributed by atoms with Gasteiger partial charge in [0.05, 0.1) is 12.5 Å². The second kappa shape index (κ2) is 5.67. The third kappa shape index (κ3) is 3.32. The van der Waals surface area contributed by atoms with Crippen LogP contribution in [0.1, 0.15) is 41.6 Å². The average Bonchev–Trinajstić information content (AvgIpc) is 2.24. The Kier molecular flexibility index (Phi) is 4.48. The summed E-state index contributed by atoms with van der Waals surface area (Å²) in [5.74, 6) is -1.15. The summed E-state index contributed by atoms with van der Waals surface area (Å²) >= 11 is 0.